The number of carbonyl (C=O) groups is 2. The van der Waals surface area contributed by atoms with Crippen LogP contribution in [-0.4, -0.2) is 38.5 Å². The Labute approximate surface area is 110 Å². The van der Waals surface area contributed by atoms with E-state index in [0.717, 1.165) is 13.0 Å². The molecule has 0 aromatic heterocycles. The normalized spacial score (nSPS) is 10.4. The van der Waals surface area contributed by atoms with Gasteiger partial charge in [0.2, 0.25) is 11.8 Å². The van der Waals surface area contributed by atoms with Gasteiger partial charge in [0.1, 0.15) is 0 Å². The standard InChI is InChI=1S/C13H27N3O2/c1-11(2)10-13(18)16-8-4-6-12(17)15-9-5-7-14-3/h11,14H,4-10H2,1-3H3,(H,15,17)(H,16,18). The second-order valence-corrected chi connectivity index (χ2v) is 4.86. The first-order valence-corrected chi connectivity index (χ1v) is 6.74. The van der Waals surface area contributed by atoms with Crippen molar-refractivity contribution in [3.8, 4) is 0 Å². The van der Waals surface area contributed by atoms with E-state index in [-0.39, 0.29) is 11.8 Å². The predicted octanol–water partition coefficient (Wildman–Crippen LogP) is 0.655. The lowest BCUT2D eigenvalue weighted by Crippen LogP contribution is -2.29. The Morgan fingerprint density at radius 2 is 1.56 bits per heavy atom. The largest absolute Gasteiger partial charge is 0.356 e. The molecule has 2 amide bonds. The highest BCUT2D eigenvalue weighted by Gasteiger charge is 2.04. The number of nitrogens with one attached hydrogen (secondary N) is 3. The molecule has 0 aliphatic carbocycles. The van der Waals surface area contributed by atoms with Gasteiger partial charge in [-0.15, -0.1) is 0 Å². The average molecular weight is 257 g/mol. The zero-order chi connectivity index (χ0) is 13.8. The lowest BCUT2D eigenvalue weighted by atomic mass is 10.1. The van der Waals surface area contributed by atoms with Crippen LogP contribution in [0.5, 0.6) is 0 Å². The molecule has 0 aliphatic rings. The summed E-state index contributed by atoms with van der Waals surface area (Å²) >= 11 is 0. The molecule has 0 rings (SSSR count). The first-order chi connectivity index (χ1) is 8.56. The summed E-state index contributed by atoms with van der Waals surface area (Å²) in [5.74, 6) is 0.504. The topological polar surface area (TPSA) is 70.2 Å². The van der Waals surface area contributed by atoms with E-state index in [1.807, 2.05) is 20.9 Å². The van der Waals surface area contributed by atoms with Crippen molar-refractivity contribution < 1.29 is 9.59 Å². The van der Waals surface area contributed by atoms with Gasteiger partial charge in [-0.3, -0.25) is 9.59 Å². The second-order valence-electron chi connectivity index (χ2n) is 4.86. The van der Waals surface area contributed by atoms with Gasteiger partial charge in [-0.1, -0.05) is 13.8 Å². The molecule has 106 valence electrons. The van der Waals surface area contributed by atoms with Crippen LogP contribution in [0.3, 0.4) is 0 Å². The first kappa shape index (κ1) is 16.9. The minimum absolute atomic E-state index is 0.0595. The molecule has 0 atom stereocenters. The van der Waals surface area contributed by atoms with Gasteiger partial charge >= 0.3 is 0 Å². The van der Waals surface area contributed by atoms with Crippen molar-refractivity contribution >= 4 is 11.8 Å². The summed E-state index contributed by atoms with van der Waals surface area (Å²) in [6.07, 6.45) is 2.66. The molecular formula is C13H27N3O2. The van der Waals surface area contributed by atoms with Gasteiger partial charge in [0, 0.05) is 25.9 Å². The number of carbonyl (C=O) groups excluding carboxylic acids is 2. The monoisotopic (exact) mass is 257 g/mol. The van der Waals surface area contributed by atoms with Crippen LogP contribution in [0.2, 0.25) is 0 Å². The van der Waals surface area contributed by atoms with E-state index in [4.69, 9.17) is 0 Å². The van der Waals surface area contributed by atoms with Gasteiger partial charge in [0.25, 0.3) is 0 Å². The van der Waals surface area contributed by atoms with E-state index in [2.05, 4.69) is 16.0 Å². The second kappa shape index (κ2) is 11.0. The fourth-order valence-corrected chi connectivity index (χ4v) is 1.50. The maximum absolute atomic E-state index is 11.4. The van der Waals surface area contributed by atoms with E-state index in [1.165, 1.54) is 0 Å². The van der Waals surface area contributed by atoms with Crippen molar-refractivity contribution in [1.82, 2.24) is 16.0 Å². The Hall–Kier alpha value is -1.10. The summed E-state index contributed by atoms with van der Waals surface area (Å²) < 4.78 is 0. The molecule has 0 saturated heterocycles. The zero-order valence-electron chi connectivity index (χ0n) is 11.8. The SMILES string of the molecule is CNCCCNC(=O)CCCNC(=O)CC(C)C. The van der Waals surface area contributed by atoms with Gasteiger partial charge in [0.15, 0.2) is 0 Å². The number of hydrogen-bond donors (Lipinski definition) is 3. The van der Waals surface area contributed by atoms with Crippen molar-refractivity contribution in [2.45, 2.75) is 39.5 Å². The quantitative estimate of drug-likeness (QED) is 0.503. The van der Waals surface area contributed by atoms with E-state index in [9.17, 15) is 9.59 Å². The third-order valence-corrected chi connectivity index (χ3v) is 2.42. The van der Waals surface area contributed by atoms with Crippen molar-refractivity contribution in [1.29, 1.82) is 0 Å². The average Bonchev–Trinajstić information content (AvgIpc) is 2.29. The molecule has 0 saturated carbocycles. The molecule has 0 aromatic rings. The third kappa shape index (κ3) is 11.4. The fraction of sp³-hybridized carbons (Fsp3) is 0.846. The zero-order valence-corrected chi connectivity index (χ0v) is 11.8. The molecule has 3 N–H and O–H groups in total. The Morgan fingerprint density at radius 3 is 2.17 bits per heavy atom. The molecule has 0 aliphatic heterocycles. The van der Waals surface area contributed by atoms with Crippen molar-refractivity contribution in [2.24, 2.45) is 5.92 Å². The molecule has 0 aromatic carbocycles. The van der Waals surface area contributed by atoms with Crippen LogP contribution < -0.4 is 16.0 Å². The van der Waals surface area contributed by atoms with E-state index < -0.39 is 0 Å². The Bertz CT molecular complexity index is 242. The summed E-state index contributed by atoms with van der Waals surface area (Å²) in [7, 11) is 1.89. The highest BCUT2D eigenvalue weighted by Crippen LogP contribution is 1.98. The molecule has 0 heterocycles. The number of hydrogen-bond acceptors (Lipinski definition) is 3. The highest BCUT2D eigenvalue weighted by atomic mass is 16.2. The van der Waals surface area contributed by atoms with Crippen LogP contribution in [0.15, 0.2) is 0 Å². The molecule has 18 heavy (non-hydrogen) atoms. The molecule has 0 fully saturated rings. The summed E-state index contributed by atoms with van der Waals surface area (Å²) in [4.78, 5) is 22.7. The van der Waals surface area contributed by atoms with Crippen LogP contribution in [0.25, 0.3) is 0 Å². The van der Waals surface area contributed by atoms with Crippen LogP contribution in [0.4, 0.5) is 0 Å². The fourth-order valence-electron chi connectivity index (χ4n) is 1.50. The third-order valence-electron chi connectivity index (χ3n) is 2.42. The van der Waals surface area contributed by atoms with Crippen molar-refractivity contribution in [3.05, 3.63) is 0 Å². The van der Waals surface area contributed by atoms with E-state index >= 15 is 0 Å². The summed E-state index contributed by atoms with van der Waals surface area (Å²) in [5, 5.41) is 8.69. The van der Waals surface area contributed by atoms with Crippen LogP contribution in [0, 0.1) is 5.92 Å². The Kier molecular flexibility index (Phi) is 10.3. The van der Waals surface area contributed by atoms with Crippen LogP contribution >= 0.6 is 0 Å². The van der Waals surface area contributed by atoms with Crippen molar-refractivity contribution in [2.75, 3.05) is 26.7 Å². The maximum Gasteiger partial charge on any atom is 0.220 e. The Morgan fingerprint density at radius 1 is 0.944 bits per heavy atom. The van der Waals surface area contributed by atoms with E-state index in [1.54, 1.807) is 0 Å². The van der Waals surface area contributed by atoms with Gasteiger partial charge < -0.3 is 16.0 Å². The Balaban J connectivity index is 3.37. The van der Waals surface area contributed by atoms with Crippen molar-refractivity contribution in [3.63, 3.8) is 0 Å². The van der Waals surface area contributed by atoms with Crippen LogP contribution in [-0.2, 0) is 9.59 Å². The first-order valence-electron chi connectivity index (χ1n) is 6.74. The molecule has 0 radical (unpaired) electrons. The van der Waals surface area contributed by atoms with Crippen LogP contribution in [0.1, 0.15) is 39.5 Å². The number of rotatable bonds is 10. The summed E-state index contributed by atoms with van der Waals surface area (Å²) in [6.45, 7) is 6.22. The lowest BCUT2D eigenvalue weighted by molar-refractivity contribution is -0.123. The summed E-state index contributed by atoms with van der Waals surface area (Å²) in [5.41, 5.74) is 0. The minimum Gasteiger partial charge on any atom is -0.356 e. The predicted molar refractivity (Wildman–Crippen MR) is 73.3 cm³/mol. The van der Waals surface area contributed by atoms with Gasteiger partial charge in [0.05, 0.1) is 0 Å². The van der Waals surface area contributed by atoms with Gasteiger partial charge in [-0.25, -0.2) is 0 Å². The molecule has 5 nitrogen and oxygen atoms in total. The number of amides is 2. The van der Waals surface area contributed by atoms with Gasteiger partial charge in [-0.05, 0) is 32.4 Å². The summed E-state index contributed by atoms with van der Waals surface area (Å²) in [6, 6.07) is 0. The minimum atomic E-state index is 0.0595. The molecule has 5 heteroatoms. The molecule has 0 bridgehead atoms. The highest BCUT2D eigenvalue weighted by molar-refractivity contribution is 5.77. The maximum atomic E-state index is 11.4. The smallest absolute Gasteiger partial charge is 0.220 e. The van der Waals surface area contributed by atoms with Gasteiger partial charge in [-0.2, -0.15) is 0 Å². The van der Waals surface area contributed by atoms with E-state index in [0.29, 0.717) is 38.3 Å². The molecular weight excluding hydrogens is 230 g/mol. The molecule has 0 unspecified atom stereocenters. The lowest BCUT2D eigenvalue weighted by Gasteiger charge is -2.07. The molecule has 0 spiro atoms.